The highest BCUT2D eigenvalue weighted by Crippen LogP contribution is 2.20. The fourth-order valence-corrected chi connectivity index (χ4v) is 1.86. The molecule has 0 aliphatic carbocycles. The molecule has 4 nitrogen and oxygen atoms in total. The van der Waals surface area contributed by atoms with Crippen molar-refractivity contribution in [3.8, 4) is 12.3 Å². The summed E-state index contributed by atoms with van der Waals surface area (Å²) in [5, 5.41) is 12.3. The van der Waals surface area contributed by atoms with Gasteiger partial charge in [-0.05, 0) is 31.9 Å². The first-order chi connectivity index (χ1) is 8.49. The van der Waals surface area contributed by atoms with E-state index in [2.05, 4.69) is 16.2 Å². The Morgan fingerprint density at radius 2 is 2.28 bits per heavy atom. The van der Waals surface area contributed by atoms with E-state index in [9.17, 15) is 9.90 Å². The number of rotatable bonds is 5. The largest absolute Gasteiger partial charge is 0.478 e. The molecular weight excluding hydrogens is 228 g/mol. The zero-order chi connectivity index (χ0) is 13.7. The smallest absolute Gasteiger partial charge is 0.339 e. The summed E-state index contributed by atoms with van der Waals surface area (Å²) in [5.41, 5.74) is 1.65. The van der Waals surface area contributed by atoms with Gasteiger partial charge in [0.2, 0.25) is 0 Å². The van der Waals surface area contributed by atoms with E-state index >= 15 is 0 Å². The molecule has 0 radical (unpaired) electrons. The number of pyridine rings is 1. The van der Waals surface area contributed by atoms with E-state index in [1.54, 1.807) is 13.0 Å². The lowest BCUT2D eigenvalue weighted by Crippen LogP contribution is -2.20. The van der Waals surface area contributed by atoms with Crippen LogP contribution >= 0.6 is 0 Å². The number of nitrogens with zero attached hydrogens (tertiary/aromatic N) is 1. The van der Waals surface area contributed by atoms with Gasteiger partial charge in [0.1, 0.15) is 11.4 Å². The van der Waals surface area contributed by atoms with Gasteiger partial charge in [0.05, 0.1) is 6.04 Å². The van der Waals surface area contributed by atoms with E-state index in [-0.39, 0.29) is 11.6 Å². The van der Waals surface area contributed by atoms with E-state index < -0.39 is 5.97 Å². The Bertz CT molecular complexity index is 489. The van der Waals surface area contributed by atoms with E-state index in [4.69, 9.17) is 6.42 Å². The molecule has 0 fully saturated rings. The molecular formula is C14H18N2O2. The average Bonchev–Trinajstić information content (AvgIpc) is 2.26. The molecule has 0 bridgehead atoms. The molecule has 0 saturated heterocycles. The zero-order valence-corrected chi connectivity index (χ0v) is 10.9. The number of aromatic carboxylic acids is 1. The first-order valence-electron chi connectivity index (χ1n) is 5.93. The monoisotopic (exact) mass is 246 g/mol. The number of carbonyl (C=O) groups is 1. The predicted molar refractivity (Wildman–Crippen MR) is 71.8 cm³/mol. The van der Waals surface area contributed by atoms with Gasteiger partial charge in [-0.15, -0.1) is 6.42 Å². The molecule has 1 aromatic rings. The number of anilines is 1. The summed E-state index contributed by atoms with van der Waals surface area (Å²) >= 11 is 0. The lowest BCUT2D eigenvalue weighted by molar-refractivity contribution is 0.0697. The summed E-state index contributed by atoms with van der Waals surface area (Å²) in [6, 6.07) is 1.56. The van der Waals surface area contributed by atoms with Gasteiger partial charge in [-0.1, -0.05) is 19.3 Å². The minimum absolute atomic E-state index is 0.192. The summed E-state index contributed by atoms with van der Waals surface area (Å²) in [7, 11) is 0. The Labute approximate surface area is 107 Å². The predicted octanol–water partition coefficient (Wildman–Crippen LogP) is 2.61. The molecule has 2 N–H and O–H groups in total. The lowest BCUT2D eigenvalue weighted by Gasteiger charge is -2.16. The van der Waals surface area contributed by atoms with E-state index in [1.807, 2.05) is 13.8 Å². The molecule has 1 atom stereocenters. The van der Waals surface area contributed by atoms with Crippen molar-refractivity contribution in [2.75, 3.05) is 5.32 Å². The van der Waals surface area contributed by atoms with Crippen molar-refractivity contribution in [1.82, 2.24) is 4.98 Å². The van der Waals surface area contributed by atoms with E-state index in [1.165, 1.54) is 0 Å². The van der Waals surface area contributed by atoms with Crippen LogP contribution in [0, 0.1) is 26.2 Å². The van der Waals surface area contributed by atoms with Gasteiger partial charge in [0.15, 0.2) is 0 Å². The normalized spacial score (nSPS) is 11.7. The maximum absolute atomic E-state index is 11.2. The Kier molecular flexibility index (Phi) is 4.73. The fraction of sp³-hybridized carbons (Fsp3) is 0.429. The lowest BCUT2D eigenvalue weighted by atomic mass is 10.1. The Morgan fingerprint density at radius 1 is 1.61 bits per heavy atom. The molecule has 0 aliphatic rings. The molecule has 96 valence electrons. The van der Waals surface area contributed by atoms with Crippen LogP contribution in [0.25, 0.3) is 0 Å². The van der Waals surface area contributed by atoms with Crippen LogP contribution in [0.5, 0.6) is 0 Å². The van der Waals surface area contributed by atoms with Crippen molar-refractivity contribution in [3.63, 3.8) is 0 Å². The van der Waals surface area contributed by atoms with Gasteiger partial charge in [-0.3, -0.25) is 0 Å². The first kappa shape index (κ1) is 14.0. The van der Waals surface area contributed by atoms with Crippen LogP contribution in [0.1, 0.15) is 41.4 Å². The highest BCUT2D eigenvalue weighted by atomic mass is 16.4. The third-order valence-corrected chi connectivity index (χ3v) is 2.65. The second-order valence-electron chi connectivity index (χ2n) is 4.26. The third-order valence-electron chi connectivity index (χ3n) is 2.65. The minimum atomic E-state index is -0.991. The van der Waals surface area contributed by atoms with Crippen LogP contribution in [0.3, 0.4) is 0 Å². The van der Waals surface area contributed by atoms with E-state index in [0.29, 0.717) is 11.4 Å². The molecule has 1 heterocycles. The summed E-state index contributed by atoms with van der Waals surface area (Å²) in [5.74, 6) is 1.98. The number of hydrogen-bond acceptors (Lipinski definition) is 3. The van der Waals surface area contributed by atoms with Gasteiger partial charge in [-0.2, -0.15) is 0 Å². The van der Waals surface area contributed by atoms with Crippen molar-refractivity contribution in [1.29, 1.82) is 0 Å². The third kappa shape index (κ3) is 3.24. The fourth-order valence-electron chi connectivity index (χ4n) is 1.86. The first-order valence-corrected chi connectivity index (χ1v) is 5.93. The van der Waals surface area contributed by atoms with Crippen molar-refractivity contribution in [2.24, 2.45) is 0 Å². The maximum atomic E-state index is 11.2. The second kappa shape index (κ2) is 6.06. The van der Waals surface area contributed by atoms with Gasteiger partial charge in [0, 0.05) is 5.69 Å². The quantitative estimate of drug-likeness (QED) is 0.784. The number of carboxylic acids is 1. The average molecular weight is 246 g/mol. The van der Waals surface area contributed by atoms with Crippen LogP contribution in [-0.4, -0.2) is 22.1 Å². The number of terminal acetylenes is 1. The van der Waals surface area contributed by atoms with Crippen molar-refractivity contribution < 1.29 is 9.90 Å². The van der Waals surface area contributed by atoms with Gasteiger partial charge in [0.25, 0.3) is 0 Å². The molecule has 1 unspecified atom stereocenters. The van der Waals surface area contributed by atoms with Gasteiger partial charge >= 0.3 is 5.97 Å². The van der Waals surface area contributed by atoms with E-state index in [0.717, 1.165) is 18.5 Å². The second-order valence-corrected chi connectivity index (χ2v) is 4.26. The highest BCUT2D eigenvalue weighted by molar-refractivity contribution is 5.94. The van der Waals surface area contributed by atoms with Crippen molar-refractivity contribution >= 4 is 11.8 Å². The number of carboxylic acid groups (broad SMARTS) is 1. The summed E-state index contributed by atoms with van der Waals surface area (Å²) in [6.45, 7) is 5.61. The van der Waals surface area contributed by atoms with Crippen molar-refractivity contribution in [2.45, 2.75) is 39.7 Å². The summed E-state index contributed by atoms with van der Waals surface area (Å²) < 4.78 is 0. The zero-order valence-electron chi connectivity index (χ0n) is 10.9. The molecule has 1 aromatic heterocycles. The summed E-state index contributed by atoms with van der Waals surface area (Å²) in [6.07, 6.45) is 7.13. The van der Waals surface area contributed by atoms with Crippen LogP contribution in [0.2, 0.25) is 0 Å². The number of nitrogens with one attached hydrogen (secondary N) is 1. The molecule has 0 aromatic carbocycles. The molecule has 1 rings (SSSR count). The molecule has 0 amide bonds. The molecule has 4 heteroatoms. The van der Waals surface area contributed by atoms with Crippen LogP contribution in [0.15, 0.2) is 6.07 Å². The molecule has 0 spiro atoms. The topological polar surface area (TPSA) is 62.2 Å². The van der Waals surface area contributed by atoms with Crippen molar-refractivity contribution in [3.05, 3.63) is 22.9 Å². The Hall–Kier alpha value is -2.02. The van der Waals surface area contributed by atoms with Crippen LogP contribution in [0.4, 0.5) is 5.82 Å². The number of aryl methyl sites for hydroxylation is 2. The van der Waals surface area contributed by atoms with Gasteiger partial charge in [-0.25, -0.2) is 9.78 Å². The highest BCUT2D eigenvalue weighted by Gasteiger charge is 2.17. The van der Waals surface area contributed by atoms with Crippen LogP contribution < -0.4 is 5.32 Å². The number of hydrogen-bond donors (Lipinski definition) is 2. The molecule has 0 saturated carbocycles. The number of aromatic nitrogens is 1. The molecule has 0 aliphatic heterocycles. The standard InChI is InChI=1S/C14H18N2O2/c1-5-7-11(6-2)16-13-12(14(17)18)9(3)8-10(4)15-13/h2,8,11H,5,7H2,1,3-4H3,(H,15,16)(H,17,18). The minimum Gasteiger partial charge on any atom is -0.478 e. The Morgan fingerprint density at radius 3 is 2.78 bits per heavy atom. The van der Waals surface area contributed by atoms with Crippen LogP contribution in [-0.2, 0) is 0 Å². The summed E-state index contributed by atoms with van der Waals surface area (Å²) in [4.78, 5) is 15.5. The maximum Gasteiger partial charge on any atom is 0.339 e. The molecule has 18 heavy (non-hydrogen) atoms. The van der Waals surface area contributed by atoms with Gasteiger partial charge < -0.3 is 10.4 Å². The SMILES string of the molecule is C#CC(CCC)Nc1nc(C)cc(C)c1C(=O)O. The Balaban J connectivity index is 3.14.